The first kappa shape index (κ1) is 21.7. The number of carbonyl (C=O) groups is 1. The number of halogens is 3. The molecule has 156 valence electrons. The van der Waals surface area contributed by atoms with Crippen LogP contribution >= 0.6 is 11.6 Å². The van der Waals surface area contributed by atoms with Gasteiger partial charge in [-0.1, -0.05) is 24.4 Å². The molecule has 2 atom stereocenters. The van der Waals surface area contributed by atoms with E-state index in [1.165, 1.54) is 24.3 Å². The minimum absolute atomic E-state index is 0.0237. The number of hydrogen-bond donors (Lipinski definition) is 1. The predicted molar refractivity (Wildman–Crippen MR) is 106 cm³/mol. The van der Waals surface area contributed by atoms with E-state index in [0.29, 0.717) is 17.9 Å². The molecule has 2 aromatic rings. The number of benzene rings is 2. The van der Waals surface area contributed by atoms with Gasteiger partial charge >= 0.3 is 5.97 Å². The molecule has 0 spiro atoms. The van der Waals surface area contributed by atoms with Crippen molar-refractivity contribution in [1.82, 2.24) is 0 Å². The molecule has 1 aliphatic carbocycles. The van der Waals surface area contributed by atoms with E-state index < -0.39 is 32.2 Å². The van der Waals surface area contributed by atoms with Crippen LogP contribution in [0.15, 0.2) is 47.4 Å². The van der Waals surface area contributed by atoms with Crippen LogP contribution in [-0.4, -0.2) is 19.5 Å². The number of carboxylic acid groups (broad SMARTS) is 1. The first-order valence-electron chi connectivity index (χ1n) is 9.33. The van der Waals surface area contributed by atoms with Gasteiger partial charge in [-0.05, 0) is 67.6 Å². The van der Waals surface area contributed by atoms with Crippen LogP contribution in [0.3, 0.4) is 0 Å². The third-order valence-corrected chi connectivity index (χ3v) is 8.40. The van der Waals surface area contributed by atoms with Gasteiger partial charge in [-0.25, -0.2) is 17.2 Å². The van der Waals surface area contributed by atoms with Gasteiger partial charge in [0.1, 0.15) is 16.4 Å². The highest BCUT2D eigenvalue weighted by Gasteiger charge is 2.50. The highest BCUT2D eigenvalue weighted by molar-refractivity contribution is 7.92. The normalized spacial score (nSPS) is 22.4. The minimum Gasteiger partial charge on any atom is -0.481 e. The lowest BCUT2D eigenvalue weighted by molar-refractivity contribution is -0.137. The summed E-state index contributed by atoms with van der Waals surface area (Å²) in [4.78, 5) is 11.0. The van der Waals surface area contributed by atoms with Crippen molar-refractivity contribution in [1.29, 1.82) is 0 Å². The fraction of sp³-hybridized carbons (Fsp3) is 0.381. The van der Waals surface area contributed by atoms with Gasteiger partial charge in [0.25, 0.3) is 0 Å². The molecule has 0 unspecified atom stereocenters. The van der Waals surface area contributed by atoms with E-state index in [4.69, 9.17) is 16.7 Å². The van der Waals surface area contributed by atoms with Crippen LogP contribution in [0.25, 0.3) is 0 Å². The van der Waals surface area contributed by atoms with Gasteiger partial charge in [-0.2, -0.15) is 0 Å². The van der Waals surface area contributed by atoms with Gasteiger partial charge < -0.3 is 5.11 Å². The molecular formula is C21H21ClF2O4S. The van der Waals surface area contributed by atoms with Crippen LogP contribution in [0.1, 0.15) is 44.1 Å². The largest absolute Gasteiger partial charge is 0.481 e. The van der Waals surface area contributed by atoms with Crippen LogP contribution < -0.4 is 0 Å². The van der Waals surface area contributed by atoms with E-state index in [9.17, 15) is 22.0 Å². The molecule has 0 aliphatic heterocycles. The van der Waals surface area contributed by atoms with Crippen LogP contribution in [0, 0.1) is 17.6 Å². The molecule has 2 aromatic carbocycles. The zero-order valence-corrected chi connectivity index (χ0v) is 17.1. The molecule has 0 radical (unpaired) electrons. The van der Waals surface area contributed by atoms with Crippen molar-refractivity contribution in [3.63, 3.8) is 0 Å². The van der Waals surface area contributed by atoms with Gasteiger partial charge in [0.15, 0.2) is 9.84 Å². The Labute approximate surface area is 173 Å². The van der Waals surface area contributed by atoms with Crippen molar-refractivity contribution in [2.24, 2.45) is 5.92 Å². The number of rotatable bonds is 6. The zero-order chi connectivity index (χ0) is 21.2. The van der Waals surface area contributed by atoms with Crippen LogP contribution in [0.4, 0.5) is 8.78 Å². The van der Waals surface area contributed by atoms with Gasteiger partial charge in [-0.3, -0.25) is 4.79 Å². The molecule has 1 N–H and O–H groups in total. The topological polar surface area (TPSA) is 71.4 Å². The fourth-order valence-corrected chi connectivity index (χ4v) is 6.63. The maximum atomic E-state index is 14.8. The van der Waals surface area contributed by atoms with Gasteiger partial charge in [0.2, 0.25) is 0 Å². The number of hydrogen-bond acceptors (Lipinski definition) is 3. The number of aliphatic carboxylic acids is 1. The average Bonchev–Trinajstić information content (AvgIpc) is 2.68. The molecular weight excluding hydrogens is 422 g/mol. The van der Waals surface area contributed by atoms with E-state index in [-0.39, 0.29) is 42.1 Å². The smallest absolute Gasteiger partial charge is 0.303 e. The van der Waals surface area contributed by atoms with Crippen molar-refractivity contribution >= 4 is 27.4 Å². The first-order valence-corrected chi connectivity index (χ1v) is 11.2. The lowest BCUT2D eigenvalue weighted by Gasteiger charge is -2.41. The van der Waals surface area contributed by atoms with Crippen molar-refractivity contribution in [2.45, 2.75) is 48.2 Å². The van der Waals surface area contributed by atoms with Crippen LogP contribution in [0.5, 0.6) is 0 Å². The molecule has 0 bridgehead atoms. The first-order chi connectivity index (χ1) is 13.7. The summed E-state index contributed by atoms with van der Waals surface area (Å²) in [6, 6.07) is 8.43. The fourth-order valence-electron chi connectivity index (χ4n) is 4.24. The summed E-state index contributed by atoms with van der Waals surface area (Å²) in [6.45, 7) is 0. The zero-order valence-electron chi connectivity index (χ0n) is 15.6. The molecule has 29 heavy (non-hydrogen) atoms. The summed E-state index contributed by atoms with van der Waals surface area (Å²) in [5.41, 5.74) is -0.201. The second-order valence-electron chi connectivity index (χ2n) is 7.47. The summed E-state index contributed by atoms with van der Waals surface area (Å²) in [6.07, 6.45) is 1.44. The summed E-state index contributed by atoms with van der Waals surface area (Å²) in [5, 5.41) is 9.35. The lowest BCUT2D eigenvalue weighted by Crippen LogP contribution is -2.41. The monoisotopic (exact) mass is 442 g/mol. The molecule has 0 aromatic heterocycles. The Morgan fingerprint density at radius 1 is 1.17 bits per heavy atom. The molecule has 1 saturated carbocycles. The Morgan fingerprint density at radius 2 is 1.86 bits per heavy atom. The quantitative estimate of drug-likeness (QED) is 0.655. The maximum absolute atomic E-state index is 14.8. The highest BCUT2D eigenvalue weighted by atomic mass is 35.5. The van der Waals surface area contributed by atoms with Crippen molar-refractivity contribution in [3.05, 3.63) is 64.7 Å². The summed E-state index contributed by atoms with van der Waals surface area (Å²) < 4.78 is 54.6. The third-order valence-electron chi connectivity index (χ3n) is 5.64. The Balaban J connectivity index is 2.15. The Kier molecular flexibility index (Phi) is 6.29. The van der Waals surface area contributed by atoms with E-state index in [0.717, 1.165) is 18.2 Å². The van der Waals surface area contributed by atoms with Crippen LogP contribution in [0.2, 0.25) is 5.02 Å². The summed E-state index contributed by atoms with van der Waals surface area (Å²) in [5.74, 6) is -2.72. The predicted octanol–water partition coefficient (Wildman–Crippen LogP) is 5.34. The van der Waals surface area contributed by atoms with Gasteiger partial charge in [0, 0.05) is 17.0 Å². The minimum atomic E-state index is -4.12. The number of sulfone groups is 1. The molecule has 0 amide bonds. The van der Waals surface area contributed by atoms with E-state index in [2.05, 4.69) is 0 Å². The second-order valence-corrected chi connectivity index (χ2v) is 10.2. The Hall–Kier alpha value is -1.99. The molecule has 1 fully saturated rings. The third kappa shape index (κ3) is 4.31. The Morgan fingerprint density at radius 3 is 2.52 bits per heavy atom. The SMILES string of the molecule is O=C(O)CC[C@H]1CCC[C@@](c2cc(F)ccc2F)(S(=O)(=O)c2ccc(Cl)cc2)C1. The molecule has 0 heterocycles. The van der Waals surface area contributed by atoms with Crippen molar-refractivity contribution in [3.8, 4) is 0 Å². The maximum Gasteiger partial charge on any atom is 0.303 e. The molecule has 3 rings (SSSR count). The van der Waals surface area contributed by atoms with E-state index in [1.807, 2.05) is 0 Å². The second kappa shape index (κ2) is 8.40. The average molecular weight is 443 g/mol. The van der Waals surface area contributed by atoms with E-state index >= 15 is 0 Å². The van der Waals surface area contributed by atoms with Gasteiger partial charge in [-0.15, -0.1) is 0 Å². The molecule has 4 nitrogen and oxygen atoms in total. The molecule has 8 heteroatoms. The Bertz CT molecular complexity index is 1010. The highest BCUT2D eigenvalue weighted by Crippen LogP contribution is 2.50. The van der Waals surface area contributed by atoms with E-state index in [1.54, 1.807) is 0 Å². The van der Waals surface area contributed by atoms with Gasteiger partial charge in [0.05, 0.1) is 4.90 Å². The number of carboxylic acids is 1. The lowest BCUT2D eigenvalue weighted by atomic mass is 9.75. The van der Waals surface area contributed by atoms with Crippen molar-refractivity contribution < 1.29 is 27.1 Å². The van der Waals surface area contributed by atoms with Crippen molar-refractivity contribution in [2.75, 3.05) is 0 Å². The van der Waals surface area contributed by atoms with Crippen LogP contribution in [-0.2, 0) is 19.4 Å². The molecule has 1 aliphatic rings. The standard InChI is InChI=1S/C21H21ClF2O4S/c22-15-4-7-17(8-5-15)29(27,28)21(18-12-16(23)6-9-19(18)24)11-1-2-14(13-21)3-10-20(25)26/h4-9,12,14H,1-3,10-11,13H2,(H,25,26)/t14-,21-/m1/s1. The summed E-state index contributed by atoms with van der Waals surface area (Å²) in [7, 11) is -4.12. The summed E-state index contributed by atoms with van der Waals surface area (Å²) >= 11 is 5.88. The molecule has 0 saturated heterocycles.